The van der Waals surface area contributed by atoms with E-state index in [2.05, 4.69) is 30.6 Å². The van der Waals surface area contributed by atoms with Gasteiger partial charge in [-0.3, -0.25) is 0 Å². The summed E-state index contributed by atoms with van der Waals surface area (Å²) in [4.78, 5) is 11.6. The first kappa shape index (κ1) is 12.9. The average molecular weight is 239 g/mol. The molecule has 0 radical (unpaired) electrons. The Balaban J connectivity index is 2.35. The lowest BCUT2D eigenvalue weighted by molar-refractivity contribution is -0.131. The quantitative estimate of drug-likeness (QED) is 0.591. The summed E-state index contributed by atoms with van der Waals surface area (Å²) < 4.78 is 0. The maximum atomic E-state index is 10.2. The van der Waals surface area contributed by atoms with Crippen molar-refractivity contribution in [2.75, 3.05) is 13.1 Å². The summed E-state index contributed by atoms with van der Waals surface area (Å²) >= 11 is 1.75. The average Bonchev–Trinajstić information content (AvgIpc) is 2.69. The lowest BCUT2D eigenvalue weighted by atomic mass is 9.91. The molecule has 1 aromatic heterocycles. The second-order valence-corrected chi connectivity index (χ2v) is 5.18. The molecule has 0 amide bonds. The van der Waals surface area contributed by atoms with Crippen LogP contribution in [0.2, 0.25) is 0 Å². The Morgan fingerprint density at radius 3 is 2.94 bits per heavy atom. The second-order valence-electron chi connectivity index (χ2n) is 4.23. The van der Waals surface area contributed by atoms with Crippen molar-refractivity contribution >= 4 is 17.3 Å². The zero-order chi connectivity index (χ0) is 12.0. The van der Waals surface area contributed by atoms with Crippen molar-refractivity contribution in [3.05, 3.63) is 34.5 Å². The van der Waals surface area contributed by atoms with Gasteiger partial charge in [-0.2, -0.15) is 0 Å². The Morgan fingerprint density at radius 1 is 1.62 bits per heavy atom. The molecule has 0 aliphatic carbocycles. The second kappa shape index (κ2) is 5.82. The highest BCUT2D eigenvalue weighted by Gasteiger charge is 2.20. The molecule has 3 nitrogen and oxygen atoms in total. The van der Waals surface area contributed by atoms with Crippen molar-refractivity contribution < 1.29 is 9.90 Å². The third kappa shape index (κ3) is 4.16. The number of thiophene rings is 1. The van der Waals surface area contributed by atoms with Gasteiger partial charge in [-0.15, -0.1) is 11.3 Å². The molecule has 0 saturated heterocycles. The van der Waals surface area contributed by atoms with E-state index in [9.17, 15) is 4.79 Å². The van der Waals surface area contributed by atoms with Gasteiger partial charge in [-0.1, -0.05) is 26.0 Å². The fourth-order valence-electron chi connectivity index (χ4n) is 1.38. The molecule has 0 spiro atoms. The van der Waals surface area contributed by atoms with Gasteiger partial charge in [0.05, 0.1) is 0 Å². The van der Waals surface area contributed by atoms with Crippen LogP contribution in [0.4, 0.5) is 0 Å². The zero-order valence-electron chi connectivity index (χ0n) is 9.56. The van der Waals surface area contributed by atoms with Crippen molar-refractivity contribution in [1.82, 2.24) is 5.32 Å². The van der Waals surface area contributed by atoms with E-state index in [0.29, 0.717) is 6.54 Å². The standard InChI is InChI=1S/C12H17NO2S/c1-12(2,10-5-4-8-16-10)9-13-7-3-6-11(14)15/h3-6,8,13H,7,9H2,1-2H3,(H,14,15)/b6-3+. The third-order valence-electron chi connectivity index (χ3n) is 2.28. The van der Waals surface area contributed by atoms with E-state index in [0.717, 1.165) is 12.6 Å². The molecule has 1 rings (SSSR count). The molecule has 1 heterocycles. The van der Waals surface area contributed by atoms with Gasteiger partial charge in [0.15, 0.2) is 0 Å². The maximum absolute atomic E-state index is 10.2. The Bertz CT molecular complexity index is 355. The SMILES string of the molecule is CC(C)(CNC/C=C/C(=O)O)c1cccs1. The van der Waals surface area contributed by atoms with E-state index in [4.69, 9.17) is 5.11 Å². The first-order chi connectivity index (χ1) is 7.52. The predicted molar refractivity (Wildman–Crippen MR) is 67.0 cm³/mol. The highest BCUT2D eigenvalue weighted by molar-refractivity contribution is 7.10. The minimum Gasteiger partial charge on any atom is -0.478 e. The molecule has 0 atom stereocenters. The van der Waals surface area contributed by atoms with Crippen LogP contribution in [0.1, 0.15) is 18.7 Å². The Morgan fingerprint density at radius 2 is 2.38 bits per heavy atom. The summed E-state index contributed by atoms with van der Waals surface area (Å²) in [7, 11) is 0. The maximum Gasteiger partial charge on any atom is 0.328 e. The van der Waals surface area contributed by atoms with Crippen LogP contribution in [0.5, 0.6) is 0 Å². The number of aliphatic carboxylic acids is 1. The number of carboxylic acid groups (broad SMARTS) is 1. The summed E-state index contributed by atoms with van der Waals surface area (Å²) in [5, 5.41) is 13.7. The normalized spacial score (nSPS) is 12.1. The summed E-state index contributed by atoms with van der Waals surface area (Å²) in [6, 6.07) is 4.17. The Labute approximate surface area is 99.8 Å². The molecule has 0 aliphatic heterocycles. The van der Waals surface area contributed by atoms with E-state index in [-0.39, 0.29) is 5.41 Å². The number of hydrogen-bond donors (Lipinski definition) is 2. The molecule has 0 aromatic carbocycles. The van der Waals surface area contributed by atoms with Crippen molar-refractivity contribution in [2.24, 2.45) is 0 Å². The minimum absolute atomic E-state index is 0.0885. The molecular formula is C12H17NO2S. The van der Waals surface area contributed by atoms with Gasteiger partial charge in [0.2, 0.25) is 0 Å². The highest BCUT2D eigenvalue weighted by atomic mass is 32.1. The summed E-state index contributed by atoms with van der Waals surface area (Å²) in [5.74, 6) is -0.903. The van der Waals surface area contributed by atoms with Gasteiger partial charge in [0.25, 0.3) is 0 Å². The van der Waals surface area contributed by atoms with Crippen LogP contribution < -0.4 is 5.32 Å². The van der Waals surface area contributed by atoms with Crippen LogP contribution in [0, 0.1) is 0 Å². The van der Waals surface area contributed by atoms with Crippen molar-refractivity contribution in [3.8, 4) is 0 Å². The lowest BCUT2D eigenvalue weighted by Crippen LogP contribution is -2.32. The van der Waals surface area contributed by atoms with Crippen LogP contribution in [-0.2, 0) is 10.2 Å². The Hall–Kier alpha value is -1.13. The molecule has 0 unspecified atom stereocenters. The van der Waals surface area contributed by atoms with Crippen LogP contribution >= 0.6 is 11.3 Å². The molecular weight excluding hydrogens is 222 g/mol. The van der Waals surface area contributed by atoms with Gasteiger partial charge in [0.1, 0.15) is 0 Å². The van der Waals surface area contributed by atoms with E-state index < -0.39 is 5.97 Å². The van der Waals surface area contributed by atoms with E-state index >= 15 is 0 Å². The number of carboxylic acids is 1. The zero-order valence-corrected chi connectivity index (χ0v) is 10.4. The molecule has 1 aromatic rings. The molecule has 4 heteroatoms. The smallest absolute Gasteiger partial charge is 0.328 e. The van der Waals surface area contributed by atoms with Gasteiger partial charge >= 0.3 is 5.97 Å². The molecule has 0 saturated carbocycles. The number of rotatable bonds is 6. The van der Waals surface area contributed by atoms with Crippen LogP contribution in [0.15, 0.2) is 29.7 Å². The predicted octanol–water partition coefficient (Wildman–Crippen LogP) is 2.26. The molecule has 16 heavy (non-hydrogen) atoms. The Kier molecular flexibility index (Phi) is 4.71. The minimum atomic E-state index is -0.903. The summed E-state index contributed by atoms with van der Waals surface area (Å²) in [6.45, 7) is 5.76. The fourth-order valence-corrected chi connectivity index (χ4v) is 2.23. The monoisotopic (exact) mass is 239 g/mol. The molecule has 0 aliphatic rings. The van der Waals surface area contributed by atoms with Crippen molar-refractivity contribution in [1.29, 1.82) is 0 Å². The lowest BCUT2D eigenvalue weighted by Gasteiger charge is -2.23. The number of hydrogen-bond acceptors (Lipinski definition) is 3. The largest absolute Gasteiger partial charge is 0.478 e. The van der Waals surface area contributed by atoms with Crippen LogP contribution in [0.25, 0.3) is 0 Å². The van der Waals surface area contributed by atoms with Crippen molar-refractivity contribution in [3.63, 3.8) is 0 Å². The molecule has 0 bridgehead atoms. The highest BCUT2D eigenvalue weighted by Crippen LogP contribution is 2.26. The van der Waals surface area contributed by atoms with E-state index in [1.807, 2.05) is 6.07 Å². The summed E-state index contributed by atoms with van der Waals surface area (Å²) in [6.07, 6.45) is 2.78. The molecule has 0 fully saturated rings. The molecule has 2 N–H and O–H groups in total. The number of carbonyl (C=O) groups is 1. The van der Waals surface area contributed by atoms with E-state index in [1.165, 1.54) is 4.88 Å². The molecule has 88 valence electrons. The number of nitrogens with one attached hydrogen (secondary N) is 1. The third-order valence-corrected chi connectivity index (χ3v) is 3.51. The topological polar surface area (TPSA) is 49.3 Å². The van der Waals surface area contributed by atoms with Crippen LogP contribution in [-0.4, -0.2) is 24.2 Å². The van der Waals surface area contributed by atoms with Crippen LogP contribution in [0.3, 0.4) is 0 Å². The van der Waals surface area contributed by atoms with Gasteiger partial charge in [0, 0.05) is 29.5 Å². The van der Waals surface area contributed by atoms with Gasteiger partial charge in [-0.25, -0.2) is 4.79 Å². The first-order valence-electron chi connectivity index (χ1n) is 5.16. The van der Waals surface area contributed by atoms with Gasteiger partial charge < -0.3 is 10.4 Å². The van der Waals surface area contributed by atoms with Crippen molar-refractivity contribution in [2.45, 2.75) is 19.3 Å². The fraction of sp³-hybridized carbons (Fsp3) is 0.417. The van der Waals surface area contributed by atoms with E-state index in [1.54, 1.807) is 17.4 Å². The summed E-state index contributed by atoms with van der Waals surface area (Å²) in [5.41, 5.74) is 0.0885. The van der Waals surface area contributed by atoms with Gasteiger partial charge in [-0.05, 0) is 11.4 Å². The first-order valence-corrected chi connectivity index (χ1v) is 6.04.